The number of allylic oxidation sites excluding steroid dienone is 1. The third-order valence-electron chi connectivity index (χ3n) is 4.11. The maximum absolute atomic E-state index is 12.4. The highest BCUT2D eigenvalue weighted by Gasteiger charge is 2.33. The van der Waals surface area contributed by atoms with E-state index in [1.54, 1.807) is 7.11 Å². The highest BCUT2D eigenvalue weighted by molar-refractivity contribution is 7.80. The monoisotopic (exact) mass is 342 g/mol. The van der Waals surface area contributed by atoms with Crippen molar-refractivity contribution >= 4 is 34.1 Å². The van der Waals surface area contributed by atoms with Crippen LogP contribution in [0, 0.1) is 0 Å². The first kappa shape index (κ1) is 16.3. The maximum atomic E-state index is 12.4. The van der Waals surface area contributed by atoms with Crippen LogP contribution in [0.15, 0.2) is 47.7 Å². The summed E-state index contributed by atoms with van der Waals surface area (Å²) in [6.45, 7) is 1.81. The molecule has 0 fully saturated rings. The normalized spacial score (nSPS) is 17.3. The molecule has 0 bridgehead atoms. The predicted octanol–water partition coefficient (Wildman–Crippen LogP) is 2.81. The zero-order chi connectivity index (χ0) is 17.3. The van der Waals surface area contributed by atoms with Gasteiger partial charge in [-0.2, -0.15) is 0 Å². The molecule has 124 valence electrons. The summed E-state index contributed by atoms with van der Waals surface area (Å²) in [6, 6.07) is 11.4. The molecule has 0 saturated carbocycles. The minimum absolute atomic E-state index is 0.407. The first-order valence-corrected chi connectivity index (χ1v) is 7.90. The zero-order valence-corrected chi connectivity index (χ0v) is 14.5. The average Bonchev–Trinajstić information content (AvgIpc) is 2.59. The van der Waals surface area contributed by atoms with Gasteiger partial charge in [-0.25, -0.2) is 4.79 Å². The van der Waals surface area contributed by atoms with Crippen molar-refractivity contribution in [3.05, 3.63) is 53.2 Å². The van der Waals surface area contributed by atoms with Gasteiger partial charge in [0.1, 0.15) is 5.75 Å². The number of methoxy groups -OCH3 is 2. The smallest absolute Gasteiger partial charge is 0.337 e. The molecule has 0 aromatic heterocycles. The van der Waals surface area contributed by atoms with Gasteiger partial charge in [-0.1, -0.05) is 30.3 Å². The molecule has 2 N–H and O–H groups in total. The number of rotatable bonds is 3. The van der Waals surface area contributed by atoms with Crippen molar-refractivity contribution in [1.29, 1.82) is 0 Å². The number of hydrogen-bond donors (Lipinski definition) is 2. The molecule has 5 nitrogen and oxygen atoms in total. The van der Waals surface area contributed by atoms with E-state index in [0.717, 1.165) is 16.3 Å². The van der Waals surface area contributed by atoms with Crippen LogP contribution in [-0.2, 0) is 9.53 Å². The molecule has 0 radical (unpaired) electrons. The maximum Gasteiger partial charge on any atom is 0.337 e. The van der Waals surface area contributed by atoms with Crippen LogP contribution in [0.3, 0.4) is 0 Å². The Morgan fingerprint density at radius 2 is 1.92 bits per heavy atom. The van der Waals surface area contributed by atoms with Crippen molar-refractivity contribution in [3.8, 4) is 5.75 Å². The topological polar surface area (TPSA) is 59.6 Å². The Morgan fingerprint density at radius 3 is 2.62 bits per heavy atom. The van der Waals surface area contributed by atoms with E-state index in [0.29, 0.717) is 22.1 Å². The molecule has 6 heteroatoms. The SMILES string of the molecule is COC(=O)C1=C(C)NC(=S)N[C@H]1c1c(OC)ccc2ccccc12. The van der Waals surface area contributed by atoms with Crippen molar-refractivity contribution in [2.24, 2.45) is 0 Å². The number of hydrogen-bond acceptors (Lipinski definition) is 4. The second-order valence-electron chi connectivity index (χ2n) is 5.46. The fraction of sp³-hybridized carbons (Fsp3) is 0.222. The van der Waals surface area contributed by atoms with Gasteiger partial charge < -0.3 is 20.1 Å². The van der Waals surface area contributed by atoms with Crippen LogP contribution >= 0.6 is 12.2 Å². The lowest BCUT2D eigenvalue weighted by Crippen LogP contribution is -2.45. The van der Waals surface area contributed by atoms with Crippen LogP contribution in [0.2, 0.25) is 0 Å². The third kappa shape index (κ3) is 2.69. The Bertz CT molecular complexity index is 860. The number of esters is 1. The van der Waals surface area contributed by atoms with Crippen molar-refractivity contribution < 1.29 is 14.3 Å². The summed E-state index contributed by atoms with van der Waals surface area (Å²) >= 11 is 5.29. The molecule has 0 saturated heterocycles. The van der Waals surface area contributed by atoms with Gasteiger partial charge in [-0.05, 0) is 36.0 Å². The quantitative estimate of drug-likeness (QED) is 0.661. The number of carbonyl (C=O) groups excluding carboxylic acids is 1. The molecule has 0 spiro atoms. The molecular weight excluding hydrogens is 324 g/mol. The molecular formula is C18H18N2O3S. The lowest BCUT2D eigenvalue weighted by Gasteiger charge is -2.31. The highest BCUT2D eigenvalue weighted by Crippen LogP contribution is 2.38. The first-order chi connectivity index (χ1) is 11.6. The second kappa shape index (κ2) is 6.49. The molecule has 1 atom stereocenters. The summed E-state index contributed by atoms with van der Waals surface area (Å²) in [5.74, 6) is 0.278. The fourth-order valence-corrected chi connectivity index (χ4v) is 3.31. The van der Waals surface area contributed by atoms with E-state index in [9.17, 15) is 4.79 Å². The number of thiocarbonyl (C=S) groups is 1. The van der Waals surface area contributed by atoms with Gasteiger partial charge in [0.2, 0.25) is 0 Å². The van der Waals surface area contributed by atoms with E-state index in [2.05, 4.69) is 10.6 Å². The first-order valence-electron chi connectivity index (χ1n) is 7.49. The van der Waals surface area contributed by atoms with Gasteiger partial charge in [0, 0.05) is 11.3 Å². The van der Waals surface area contributed by atoms with Gasteiger partial charge in [0.15, 0.2) is 5.11 Å². The van der Waals surface area contributed by atoms with Crippen molar-refractivity contribution in [2.45, 2.75) is 13.0 Å². The number of ether oxygens (including phenoxy) is 2. The molecule has 24 heavy (non-hydrogen) atoms. The van der Waals surface area contributed by atoms with E-state index in [-0.39, 0.29) is 0 Å². The highest BCUT2D eigenvalue weighted by atomic mass is 32.1. The largest absolute Gasteiger partial charge is 0.496 e. The molecule has 1 heterocycles. The predicted molar refractivity (Wildman–Crippen MR) is 96.8 cm³/mol. The van der Waals surface area contributed by atoms with Crippen LogP contribution in [0.4, 0.5) is 0 Å². The van der Waals surface area contributed by atoms with Crippen LogP contribution < -0.4 is 15.4 Å². The summed E-state index contributed by atoms with van der Waals surface area (Å²) < 4.78 is 10.5. The van der Waals surface area contributed by atoms with Crippen LogP contribution in [-0.4, -0.2) is 25.3 Å². The minimum Gasteiger partial charge on any atom is -0.496 e. The van der Waals surface area contributed by atoms with Gasteiger partial charge in [-0.3, -0.25) is 0 Å². The molecule has 2 aromatic rings. The van der Waals surface area contributed by atoms with E-state index >= 15 is 0 Å². The average molecular weight is 342 g/mol. The summed E-state index contributed by atoms with van der Waals surface area (Å²) in [4.78, 5) is 12.4. The van der Waals surface area contributed by atoms with Crippen molar-refractivity contribution in [1.82, 2.24) is 10.6 Å². The van der Waals surface area contributed by atoms with Gasteiger partial charge in [0.25, 0.3) is 0 Å². The Labute approximate surface area is 145 Å². The molecule has 0 amide bonds. The standard InChI is InChI=1S/C18H18N2O3S/c1-10-14(17(21)23-3)16(20-18(24)19-10)15-12-7-5-4-6-11(12)8-9-13(15)22-2/h4-9,16H,1-3H3,(H2,19,20,24)/t16-/m1/s1. The van der Waals surface area contributed by atoms with Gasteiger partial charge >= 0.3 is 5.97 Å². The van der Waals surface area contributed by atoms with Crippen LogP contribution in [0.25, 0.3) is 10.8 Å². The third-order valence-corrected chi connectivity index (χ3v) is 4.33. The Balaban J connectivity index is 2.29. The fourth-order valence-electron chi connectivity index (χ4n) is 3.04. The molecule has 1 aliphatic rings. The summed E-state index contributed by atoms with van der Waals surface area (Å²) in [5.41, 5.74) is 2.02. The number of benzene rings is 2. The summed E-state index contributed by atoms with van der Waals surface area (Å²) in [5, 5.41) is 8.67. The van der Waals surface area contributed by atoms with Gasteiger partial charge in [0.05, 0.1) is 25.8 Å². The number of fused-ring (bicyclic) bond motifs is 1. The van der Waals surface area contributed by atoms with Gasteiger partial charge in [-0.15, -0.1) is 0 Å². The Hall–Kier alpha value is -2.60. The van der Waals surface area contributed by atoms with E-state index < -0.39 is 12.0 Å². The van der Waals surface area contributed by atoms with Crippen LogP contribution in [0.5, 0.6) is 5.75 Å². The second-order valence-corrected chi connectivity index (χ2v) is 5.87. The zero-order valence-electron chi connectivity index (χ0n) is 13.7. The molecule has 2 aromatic carbocycles. The Morgan fingerprint density at radius 1 is 1.17 bits per heavy atom. The van der Waals surface area contributed by atoms with Crippen molar-refractivity contribution in [3.63, 3.8) is 0 Å². The van der Waals surface area contributed by atoms with E-state index in [4.69, 9.17) is 21.7 Å². The molecule has 3 rings (SSSR count). The number of carbonyl (C=O) groups is 1. The molecule has 1 aliphatic heterocycles. The van der Waals surface area contributed by atoms with E-state index in [1.165, 1.54) is 7.11 Å². The van der Waals surface area contributed by atoms with E-state index in [1.807, 2.05) is 43.3 Å². The minimum atomic E-state index is -0.452. The van der Waals surface area contributed by atoms with Crippen molar-refractivity contribution in [2.75, 3.05) is 14.2 Å². The number of nitrogens with one attached hydrogen (secondary N) is 2. The van der Waals surface area contributed by atoms with Crippen LogP contribution in [0.1, 0.15) is 18.5 Å². The lowest BCUT2D eigenvalue weighted by atomic mass is 9.90. The Kier molecular flexibility index (Phi) is 4.40. The summed E-state index contributed by atoms with van der Waals surface area (Å²) in [7, 11) is 2.98. The lowest BCUT2D eigenvalue weighted by molar-refractivity contribution is -0.136. The summed E-state index contributed by atoms with van der Waals surface area (Å²) in [6.07, 6.45) is 0. The molecule has 0 aliphatic carbocycles. The molecule has 0 unspecified atom stereocenters.